The first-order valence-corrected chi connectivity index (χ1v) is 8.34. The molecule has 0 aliphatic heterocycles. The van der Waals surface area contributed by atoms with Gasteiger partial charge in [0.15, 0.2) is 11.6 Å². The summed E-state index contributed by atoms with van der Waals surface area (Å²) in [5, 5.41) is 3.02. The van der Waals surface area contributed by atoms with Crippen LogP contribution in [0.1, 0.15) is 28.8 Å². The fourth-order valence-electron chi connectivity index (χ4n) is 2.30. The molecule has 1 aromatic carbocycles. The van der Waals surface area contributed by atoms with E-state index in [1.54, 1.807) is 12.1 Å². The van der Waals surface area contributed by atoms with Gasteiger partial charge in [0.25, 0.3) is 5.91 Å². The number of pyridine rings is 1. The summed E-state index contributed by atoms with van der Waals surface area (Å²) < 4.78 is 24.0. The zero-order valence-corrected chi connectivity index (χ0v) is 14.5. The Morgan fingerprint density at radius 1 is 1.40 bits per heavy atom. The van der Waals surface area contributed by atoms with Crippen molar-refractivity contribution in [3.05, 3.63) is 52.4 Å². The maximum atomic E-state index is 13.4. The SMILES string of the molecule is COc1cc(CNC(=O)c2c(Cl)ccnc2OCC2CC2)ccc1F. The van der Waals surface area contributed by atoms with Crippen molar-refractivity contribution in [3.8, 4) is 11.6 Å². The van der Waals surface area contributed by atoms with E-state index in [1.165, 1.54) is 25.4 Å². The van der Waals surface area contributed by atoms with Crippen molar-refractivity contribution in [3.63, 3.8) is 0 Å². The minimum atomic E-state index is -0.455. The minimum Gasteiger partial charge on any atom is -0.494 e. The third-order valence-corrected chi connectivity index (χ3v) is 4.23. The molecule has 1 amide bonds. The topological polar surface area (TPSA) is 60.5 Å². The smallest absolute Gasteiger partial charge is 0.258 e. The van der Waals surface area contributed by atoms with E-state index in [0.717, 1.165) is 12.8 Å². The number of nitrogens with one attached hydrogen (secondary N) is 1. The first-order chi connectivity index (χ1) is 12.1. The van der Waals surface area contributed by atoms with Crippen LogP contribution in [0.25, 0.3) is 0 Å². The molecule has 1 N–H and O–H groups in total. The van der Waals surface area contributed by atoms with Crippen LogP contribution in [0.4, 0.5) is 4.39 Å². The second-order valence-corrected chi connectivity index (χ2v) is 6.29. The van der Waals surface area contributed by atoms with Crippen LogP contribution >= 0.6 is 11.6 Å². The van der Waals surface area contributed by atoms with Crippen LogP contribution in [0.2, 0.25) is 5.02 Å². The summed E-state index contributed by atoms with van der Waals surface area (Å²) in [7, 11) is 1.39. The molecule has 1 saturated carbocycles. The lowest BCUT2D eigenvalue weighted by Crippen LogP contribution is -2.24. The second-order valence-electron chi connectivity index (χ2n) is 5.88. The molecule has 0 bridgehead atoms. The highest BCUT2D eigenvalue weighted by Gasteiger charge is 2.24. The van der Waals surface area contributed by atoms with E-state index in [9.17, 15) is 9.18 Å². The number of nitrogens with zero attached hydrogens (tertiary/aromatic N) is 1. The number of carbonyl (C=O) groups is 1. The van der Waals surface area contributed by atoms with E-state index in [2.05, 4.69) is 10.3 Å². The molecule has 1 fully saturated rings. The first kappa shape index (κ1) is 17.5. The molecule has 2 aromatic rings. The average molecular weight is 365 g/mol. The van der Waals surface area contributed by atoms with E-state index in [4.69, 9.17) is 21.1 Å². The van der Waals surface area contributed by atoms with E-state index in [-0.39, 0.29) is 28.8 Å². The highest BCUT2D eigenvalue weighted by Crippen LogP contribution is 2.31. The molecule has 0 radical (unpaired) electrons. The summed E-state index contributed by atoms with van der Waals surface area (Å²) in [5.74, 6) is 0.0346. The van der Waals surface area contributed by atoms with E-state index < -0.39 is 11.7 Å². The third-order valence-electron chi connectivity index (χ3n) is 3.91. The van der Waals surface area contributed by atoms with Crippen molar-refractivity contribution in [1.29, 1.82) is 0 Å². The van der Waals surface area contributed by atoms with E-state index in [1.807, 2.05) is 0 Å². The molecule has 0 unspecified atom stereocenters. The van der Waals surface area contributed by atoms with E-state index >= 15 is 0 Å². The van der Waals surface area contributed by atoms with Gasteiger partial charge in [-0.15, -0.1) is 0 Å². The zero-order chi connectivity index (χ0) is 17.8. The number of hydrogen-bond donors (Lipinski definition) is 1. The Kier molecular flexibility index (Phi) is 5.38. The molecule has 25 heavy (non-hydrogen) atoms. The average Bonchev–Trinajstić information content (AvgIpc) is 3.43. The minimum absolute atomic E-state index is 0.125. The largest absolute Gasteiger partial charge is 0.494 e. The molecular weight excluding hydrogens is 347 g/mol. The number of amides is 1. The third kappa shape index (κ3) is 4.39. The van der Waals surface area contributed by atoms with Gasteiger partial charge in [0.1, 0.15) is 5.56 Å². The standard InChI is InChI=1S/C18H18ClFN2O3/c1-24-15-8-12(4-5-14(15)20)9-22-17(23)16-13(19)6-7-21-18(16)25-10-11-2-3-11/h4-8,11H,2-3,9-10H2,1H3,(H,22,23). The Balaban J connectivity index is 1.70. The number of benzene rings is 1. The van der Waals surface area contributed by atoms with Gasteiger partial charge in [0.05, 0.1) is 18.7 Å². The number of ether oxygens (including phenoxy) is 2. The Labute approximate surface area is 150 Å². The van der Waals surface area contributed by atoms with Gasteiger partial charge in [-0.3, -0.25) is 4.79 Å². The van der Waals surface area contributed by atoms with Gasteiger partial charge in [0.2, 0.25) is 5.88 Å². The van der Waals surface area contributed by atoms with Crippen LogP contribution in [0, 0.1) is 11.7 Å². The molecule has 1 heterocycles. The molecule has 132 valence electrons. The zero-order valence-electron chi connectivity index (χ0n) is 13.7. The van der Waals surface area contributed by atoms with Crippen molar-refractivity contribution in [2.75, 3.05) is 13.7 Å². The number of halogens is 2. The van der Waals surface area contributed by atoms with Gasteiger partial charge < -0.3 is 14.8 Å². The number of rotatable bonds is 7. The number of aromatic nitrogens is 1. The molecular formula is C18H18ClFN2O3. The van der Waals surface area contributed by atoms with Crippen LogP contribution in [0.5, 0.6) is 11.6 Å². The number of carbonyl (C=O) groups excluding carboxylic acids is 1. The summed E-state index contributed by atoms with van der Waals surface area (Å²) in [6.07, 6.45) is 3.77. The molecule has 0 spiro atoms. The summed E-state index contributed by atoms with van der Waals surface area (Å²) in [6, 6.07) is 5.95. The van der Waals surface area contributed by atoms with Crippen LogP contribution in [-0.2, 0) is 6.54 Å². The fourth-order valence-corrected chi connectivity index (χ4v) is 2.52. The molecule has 7 heteroatoms. The first-order valence-electron chi connectivity index (χ1n) is 7.96. The predicted molar refractivity (Wildman–Crippen MR) is 91.6 cm³/mol. The molecule has 1 aliphatic rings. The number of methoxy groups -OCH3 is 1. The van der Waals surface area contributed by atoms with Crippen molar-refractivity contribution in [1.82, 2.24) is 10.3 Å². The maximum absolute atomic E-state index is 13.4. The van der Waals surface area contributed by atoms with Crippen molar-refractivity contribution in [2.24, 2.45) is 5.92 Å². The summed E-state index contributed by atoms with van der Waals surface area (Å²) in [5.41, 5.74) is 0.908. The van der Waals surface area contributed by atoms with Gasteiger partial charge in [-0.25, -0.2) is 9.37 Å². The van der Waals surface area contributed by atoms with Crippen LogP contribution in [0.15, 0.2) is 30.5 Å². The fraction of sp³-hybridized carbons (Fsp3) is 0.333. The van der Waals surface area contributed by atoms with Gasteiger partial charge in [-0.05, 0) is 42.5 Å². The molecule has 1 aliphatic carbocycles. The molecule has 3 rings (SSSR count). The Morgan fingerprint density at radius 2 is 2.20 bits per heavy atom. The molecule has 0 atom stereocenters. The number of hydrogen-bond acceptors (Lipinski definition) is 4. The Bertz CT molecular complexity index is 781. The molecule has 5 nitrogen and oxygen atoms in total. The summed E-state index contributed by atoms with van der Waals surface area (Å²) in [6.45, 7) is 0.728. The van der Waals surface area contributed by atoms with Crippen molar-refractivity contribution >= 4 is 17.5 Å². The molecule has 0 saturated heterocycles. The maximum Gasteiger partial charge on any atom is 0.258 e. The Hall–Kier alpha value is -2.34. The van der Waals surface area contributed by atoms with Gasteiger partial charge in [-0.2, -0.15) is 0 Å². The molecule has 1 aromatic heterocycles. The normalized spacial score (nSPS) is 13.4. The van der Waals surface area contributed by atoms with Crippen molar-refractivity contribution < 1.29 is 18.7 Å². The quantitative estimate of drug-likeness (QED) is 0.815. The Morgan fingerprint density at radius 3 is 2.92 bits per heavy atom. The van der Waals surface area contributed by atoms with Crippen LogP contribution in [0.3, 0.4) is 0 Å². The van der Waals surface area contributed by atoms with Crippen molar-refractivity contribution in [2.45, 2.75) is 19.4 Å². The highest BCUT2D eigenvalue weighted by atomic mass is 35.5. The van der Waals surface area contributed by atoms with E-state index in [0.29, 0.717) is 18.1 Å². The lowest BCUT2D eigenvalue weighted by Gasteiger charge is -2.12. The second kappa shape index (κ2) is 7.70. The predicted octanol–water partition coefficient (Wildman–Crippen LogP) is 3.60. The summed E-state index contributed by atoms with van der Waals surface area (Å²) in [4.78, 5) is 16.6. The summed E-state index contributed by atoms with van der Waals surface area (Å²) >= 11 is 6.15. The van der Waals surface area contributed by atoms with Gasteiger partial charge in [-0.1, -0.05) is 17.7 Å². The van der Waals surface area contributed by atoms with Crippen LogP contribution in [-0.4, -0.2) is 24.6 Å². The lowest BCUT2D eigenvalue weighted by atomic mass is 10.2. The van der Waals surface area contributed by atoms with Gasteiger partial charge >= 0.3 is 0 Å². The highest BCUT2D eigenvalue weighted by molar-refractivity contribution is 6.34. The monoisotopic (exact) mass is 364 g/mol. The lowest BCUT2D eigenvalue weighted by molar-refractivity contribution is 0.0945. The van der Waals surface area contributed by atoms with Crippen LogP contribution < -0.4 is 14.8 Å². The van der Waals surface area contributed by atoms with Gasteiger partial charge in [0, 0.05) is 12.7 Å².